The lowest BCUT2D eigenvalue weighted by Gasteiger charge is -2.30. The van der Waals surface area contributed by atoms with Crippen molar-refractivity contribution in [3.63, 3.8) is 0 Å². The zero-order valence-electron chi connectivity index (χ0n) is 11.8. The van der Waals surface area contributed by atoms with Crippen LogP contribution in [0.4, 0.5) is 5.82 Å². The van der Waals surface area contributed by atoms with Gasteiger partial charge in [-0.05, 0) is 0 Å². The number of thioether (sulfide) groups is 2. The molecule has 3 atom stereocenters. The molecule has 0 saturated carbocycles. The Kier molecular flexibility index (Phi) is 5.36. The second-order valence-corrected chi connectivity index (χ2v) is 7.65. The van der Waals surface area contributed by atoms with Crippen LogP contribution >= 0.6 is 23.5 Å². The summed E-state index contributed by atoms with van der Waals surface area (Å²) in [6, 6.07) is 1.94. The highest BCUT2D eigenvalue weighted by atomic mass is 32.2. The fourth-order valence-electron chi connectivity index (χ4n) is 1.93. The molecule has 2 heterocycles. The molecule has 0 radical (unpaired) electrons. The maximum absolute atomic E-state index is 5.18. The molecule has 3 unspecified atom stereocenters. The van der Waals surface area contributed by atoms with Crippen LogP contribution in [0, 0.1) is 0 Å². The van der Waals surface area contributed by atoms with Gasteiger partial charge in [-0.1, -0.05) is 13.8 Å². The van der Waals surface area contributed by atoms with Crippen molar-refractivity contribution in [2.24, 2.45) is 0 Å². The van der Waals surface area contributed by atoms with Gasteiger partial charge in [0, 0.05) is 36.5 Å². The Morgan fingerprint density at radius 3 is 2.79 bits per heavy atom. The highest BCUT2D eigenvalue weighted by Crippen LogP contribution is 2.43. The van der Waals surface area contributed by atoms with Gasteiger partial charge in [0.1, 0.15) is 11.6 Å². The second kappa shape index (κ2) is 6.81. The molecule has 0 aliphatic carbocycles. The van der Waals surface area contributed by atoms with Crippen molar-refractivity contribution in [2.45, 2.75) is 36.2 Å². The number of ether oxygens (including phenoxy) is 1. The van der Waals surface area contributed by atoms with Crippen LogP contribution in [0.25, 0.3) is 0 Å². The van der Waals surface area contributed by atoms with E-state index in [0.717, 1.165) is 23.1 Å². The summed E-state index contributed by atoms with van der Waals surface area (Å²) in [7, 11) is 3.58. The van der Waals surface area contributed by atoms with Gasteiger partial charge < -0.3 is 10.1 Å². The monoisotopic (exact) mass is 299 g/mol. The third-order valence-electron chi connectivity index (χ3n) is 3.18. The van der Waals surface area contributed by atoms with Gasteiger partial charge in [0.05, 0.1) is 17.6 Å². The minimum atomic E-state index is 0.375. The van der Waals surface area contributed by atoms with E-state index < -0.39 is 0 Å². The number of methoxy groups -OCH3 is 1. The van der Waals surface area contributed by atoms with E-state index in [1.54, 1.807) is 7.11 Å². The maximum atomic E-state index is 5.18. The zero-order valence-corrected chi connectivity index (χ0v) is 13.5. The van der Waals surface area contributed by atoms with Gasteiger partial charge in [-0.2, -0.15) is 11.8 Å². The Morgan fingerprint density at radius 1 is 1.37 bits per heavy atom. The van der Waals surface area contributed by atoms with E-state index in [-0.39, 0.29) is 0 Å². The molecule has 19 heavy (non-hydrogen) atoms. The van der Waals surface area contributed by atoms with Crippen LogP contribution in [0.1, 0.15) is 30.6 Å². The molecule has 1 saturated heterocycles. The van der Waals surface area contributed by atoms with Gasteiger partial charge in [0.15, 0.2) is 0 Å². The standard InChI is InChI=1S/C13H21N3OS2/c1-8-9(2)19-11(7-18-8)13-15-10(6-17-4)5-12(14-3)16-13/h5,8-9,11H,6-7H2,1-4H3,(H,14,15,16). The first-order chi connectivity index (χ1) is 9.13. The molecule has 1 aliphatic heterocycles. The van der Waals surface area contributed by atoms with Gasteiger partial charge in [-0.15, -0.1) is 11.8 Å². The van der Waals surface area contributed by atoms with Gasteiger partial charge in [-0.25, -0.2) is 9.97 Å². The third kappa shape index (κ3) is 3.77. The van der Waals surface area contributed by atoms with Gasteiger partial charge in [0.2, 0.25) is 0 Å². The SMILES string of the molecule is CNc1cc(COC)nc(C2CSC(C)C(C)S2)n1. The number of aromatic nitrogens is 2. The van der Waals surface area contributed by atoms with E-state index >= 15 is 0 Å². The Hall–Kier alpha value is -0.460. The molecule has 0 bridgehead atoms. The molecule has 0 amide bonds. The van der Waals surface area contributed by atoms with Crippen LogP contribution in [-0.4, -0.2) is 40.4 Å². The van der Waals surface area contributed by atoms with Gasteiger partial charge in [-0.3, -0.25) is 0 Å². The second-order valence-electron chi connectivity index (χ2n) is 4.65. The third-order valence-corrected chi connectivity index (χ3v) is 6.57. The highest BCUT2D eigenvalue weighted by Gasteiger charge is 2.28. The van der Waals surface area contributed by atoms with Crippen LogP contribution in [0.3, 0.4) is 0 Å². The zero-order chi connectivity index (χ0) is 13.8. The van der Waals surface area contributed by atoms with Crippen LogP contribution < -0.4 is 5.32 Å². The van der Waals surface area contributed by atoms with E-state index in [1.165, 1.54) is 0 Å². The van der Waals surface area contributed by atoms with Crippen molar-refractivity contribution in [3.05, 3.63) is 17.6 Å². The first-order valence-corrected chi connectivity index (χ1v) is 8.44. The van der Waals surface area contributed by atoms with Crippen molar-refractivity contribution in [2.75, 3.05) is 25.2 Å². The van der Waals surface area contributed by atoms with E-state index in [1.807, 2.05) is 36.6 Å². The summed E-state index contributed by atoms with van der Waals surface area (Å²) in [5.74, 6) is 2.87. The molecular weight excluding hydrogens is 278 g/mol. The molecule has 4 nitrogen and oxygen atoms in total. The Labute approximate surface area is 123 Å². The average Bonchev–Trinajstić information content (AvgIpc) is 2.42. The molecule has 1 aliphatic rings. The predicted molar refractivity (Wildman–Crippen MR) is 84.0 cm³/mol. The summed E-state index contributed by atoms with van der Waals surface area (Å²) in [6.07, 6.45) is 0. The largest absolute Gasteiger partial charge is 0.378 e. The highest BCUT2D eigenvalue weighted by molar-refractivity contribution is 8.07. The first kappa shape index (κ1) is 14.9. The predicted octanol–water partition coefficient (Wildman–Crippen LogP) is 2.96. The molecule has 1 fully saturated rings. The summed E-state index contributed by atoms with van der Waals surface area (Å²) in [6.45, 7) is 5.10. The summed E-state index contributed by atoms with van der Waals surface area (Å²) in [5, 5.41) is 4.81. The molecule has 106 valence electrons. The normalized spacial score (nSPS) is 27.3. The van der Waals surface area contributed by atoms with Crippen molar-refractivity contribution in [3.8, 4) is 0 Å². The van der Waals surface area contributed by atoms with E-state index in [0.29, 0.717) is 22.4 Å². The Balaban J connectivity index is 2.20. The van der Waals surface area contributed by atoms with Crippen LogP contribution in [0.15, 0.2) is 6.07 Å². The first-order valence-electron chi connectivity index (χ1n) is 6.45. The molecule has 1 aromatic heterocycles. The van der Waals surface area contributed by atoms with Crippen LogP contribution in [0.2, 0.25) is 0 Å². The molecule has 2 rings (SSSR count). The van der Waals surface area contributed by atoms with Crippen LogP contribution in [-0.2, 0) is 11.3 Å². The summed E-state index contributed by atoms with van der Waals surface area (Å²) in [5.41, 5.74) is 0.939. The smallest absolute Gasteiger partial charge is 0.144 e. The van der Waals surface area contributed by atoms with Crippen molar-refractivity contribution in [1.82, 2.24) is 9.97 Å². The quantitative estimate of drug-likeness (QED) is 0.922. The number of hydrogen-bond donors (Lipinski definition) is 1. The Morgan fingerprint density at radius 2 is 2.16 bits per heavy atom. The van der Waals surface area contributed by atoms with E-state index in [2.05, 4.69) is 29.1 Å². The Bertz CT molecular complexity index is 430. The van der Waals surface area contributed by atoms with Crippen molar-refractivity contribution < 1.29 is 4.74 Å². The maximum Gasteiger partial charge on any atom is 0.144 e. The number of rotatable bonds is 4. The number of nitrogens with one attached hydrogen (secondary N) is 1. The van der Waals surface area contributed by atoms with Crippen LogP contribution in [0.5, 0.6) is 0 Å². The molecule has 1 N–H and O–H groups in total. The minimum Gasteiger partial charge on any atom is -0.378 e. The lowest BCUT2D eigenvalue weighted by atomic mass is 10.3. The molecule has 6 heteroatoms. The molecule has 0 aromatic carbocycles. The van der Waals surface area contributed by atoms with Crippen molar-refractivity contribution >= 4 is 29.3 Å². The topological polar surface area (TPSA) is 47.0 Å². The number of hydrogen-bond acceptors (Lipinski definition) is 6. The van der Waals surface area contributed by atoms with E-state index in [4.69, 9.17) is 4.74 Å². The van der Waals surface area contributed by atoms with Gasteiger partial charge >= 0.3 is 0 Å². The fraction of sp³-hybridized carbons (Fsp3) is 0.692. The molecule has 0 spiro atoms. The number of anilines is 1. The molecular formula is C13H21N3OS2. The molecule has 1 aromatic rings. The minimum absolute atomic E-state index is 0.375. The summed E-state index contributed by atoms with van der Waals surface area (Å²) in [4.78, 5) is 9.25. The summed E-state index contributed by atoms with van der Waals surface area (Å²) >= 11 is 3.99. The lowest BCUT2D eigenvalue weighted by Crippen LogP contribution is -2.23. The average molecular weight is 299 g/mol. The number of nitrogens with zero attached hydrogens (tertiary/aromatic N) is 2. The van der Waals surface area contributed by atoms with Gasteiger partial charge in [0.25, 0.3) is 0 Å². The van der Waals surface area contributed by atoms with E-state index in [9.17, 15) is 0 Å². The summed E-state index contributed by atoms with van der Waals surface area (Å²) < 4.78 is 5.18. The fourth-order valence-corrected chi connectivity index (χ4v) is 4.77. The lowest BCUT2D eigenvalue weighted by molar-refractivity contribution is 0.181. The van der Waals surface area contributed by atoms with Crippen molar-refractivity contribution in [1.29, 1.82) is 0 Å².